The summed E-state index contributed by atoms with van der Waals surface area (Å²) in [6.45, 7) is 7.54. The van der Waals surface area contributed by atoms with Crippen LogP contribution in [-0.4, -0.2) is 33.4 Å². The van der Waals surface area contributed by atoms with E-state index in [4.69, 9.17) is 0 Å². The van der Waals surface area contributed by atoms with Crippen LogP contribution in [0.25, 0.3) is 10.2 Å². The average Bonchev–Trinajstić information content (AvgIpc) is 2.89. The zero-order valence-corrected chi connectivity index (χ0v) is 14.8. The first-order valence-electron chi connectivity index (χ1n) is 8.32. The van der Waals surface area contributed by atoms with Gasteiger partial charge in [0.25, 0.3) is 5.56 Å². The second kappa shape index (κ2) is 6.43. The number of aryl methyl sites for hydroxylation is 1. The number of thiophene rings is 1. The molecular formula is C17H23N3O2S. The summed E-state index contributed by atoms with van der Waals surface area (Å²) in [5.41, 5.74) is 1.10. The molecule has 1 aliphatic rings. The molecule has 3 rings (SSSR count). The van der Waals surface area contributed by atoms with E-state index in [9.17, 15) is 9.59 Å². The van der Waals surface area contributed by atoms with E-state index in [1.54, 1.807) is 16.2 Å². The lowest BCUT2D eigenvalue weighted by Crippen LogP contribution is -2.36. The molecule has 1 amide bonds. The van der Waals surface area contributed by atoms with Gasteiger partial charge in [0.05, 0.1) is 11.7 Å². The van der Waals surface area contributed by atoms with Gasteiger partial charge in [0.1, 0.15) is 11.4 Å². The van der Waals surface area contributed by atoms with Gasteiger partial charge in [-0.2, -0.15) is 0 Å². The molecule has 0 saturated heterocycles. The smallest absolute Gasteiger partial charge is 0.262 e. The number of hydrogen-bond acceptors (Lipinski definition) is 4. The van der Waals surface area contributed by atoms with Crippen LogP contribution >= 0.6 is 11.3 Å². The SMILES string of the molecule is CCN(CC)C(=O)Cn1cnc2sc3c(c2c1=O)CC[C@H](C)C3. The number of aromatic nitrogens is 2. The summed E-state index contributed by atoms with van der Waals surface area (Å²) in [7, 11) is 0. The molecular weight excluding hydrogens is 310 g/mol. The van der Waals surface area contributed by atoms with Gasteiger partial charge >= 0.3 is 0 Å². The Bertz CT molecular complexity index is 789. The maximum absolute atomic E-state index is 12.8. The van der Waals surface area contributed by atoms with E-state index < -0.39 is 0 Å². The molecule has 0 bridgehead atoms. The molecule has 0 fully saturated rings. The molecule has 5 nitrogen and oxygen atoms in total. The van der Waals surface area contributed by atoms with Crippen molar-refractivity contribution in [3.8, 4) is 0 Å². The van der Waals surface area contributed by atoms with Gasteiger partial charge in [0, 0.05) is 18.0 Å². The third-order valence-electron chi connectivity index (χ3n) is 4.70. The van der Waals surface area contributed by atoms with E-state index in [-0.39, 0.29) is 18.0 Å². The highest BCUT2D eigenvalue weighted by Gasteiger charge is 2.23. The van der Waals surface area contributed by atoms with Crippen molar-refractivity contribution in [2.45, 2.75) is 46.6 Å². The minimum absolute atomic E-state index is 0.0315. The number of rotatable bonds is 4. The lowest BCUT2D eigenvalue weighted by atomic mass is 9.89. The Morgan fingerprint density at radius 1 is 1.43 bits per heavy atom. The van der Waals surface area contributed by atoms with Crippen molar-refractivity contribution in [2.24, 2.45) is 5.92 Å². The largest absolute Gasteiger partial charge is 0.342 e. The molecule has 2 aromatic rings. The number of nitrogens with zero attached hydrogens (tertiary/aromatic N) is 3. The Hall–Kier alpha value is -1.69. The Labute approximate surface area is 139 Å². The van der Waals surface area contributed by atoms with Crippen LogP contribution < -0.4 is 5.56 Å². The molecule has 0 N–H and O–H groups in total. The van der Waals surface area contributed by atoms with Crippen LogP contribution in [0.1, 0.15) is 37.6 Å². The van der Waals surface area contributed by atoms with Gasteiger partial charge in [-0.3, -0.25) is 14.2 Å². The van der Waals surface area contributed by atoms with Gasteiger partial charge in [-0.05, 0) is 44.6 Å². The molecule has 124 valence electrons. The minimum atomic E-state index is -0.0671. The van der Waals surface area contributed by atoms with E-state index in [0.29, 0.717) is 19.0 Å². The summed E-state index contributed by atoms with van der Waals surface area (Å²) in [5, 5.41) is 0.742. The Kier molecular flexibility index (Phi) is 4.53. The van der Waals surface area contributed by atoms with Crippen LogP contribution in [0.5, 0.6) is 0 Å². The zero-order chi connectivity index (χ0) is 16.6. The van der Waals surface area contributed by atoms with Gasteiger partial charge in [0.15, 0.2) is 0 Å². The number of hydrogen-bond donors (Lipinski definition) is 0. The van der Waals surface area contributed by atoms with Gasteiger partial charge < -0.3 is 4.90 Å². The van der Waals surface area contributed by atoms with Crippen LogP contribution in [0.3, 0.4) is 0 Å². The number of amides is 1. The molecule has 6 heteroatoms. The average molecular weight is 333 g/mol. The highest BCUT2D eigenvalue weighted by Crippen LogP contribution is 2.35. The molecule has 0 saturated carbocycles. The third-order valence-corrected chi connectivity index (χ3v) is 5.87. The van der Waals surface area contributed by atoms with Gasteiger partial charge in [-0.25, -0.2) is 4.98 Å². The lowest BCUT2D eigenvalue weighted by molar-refractivity contribution is -0.131. The topological polar surface area (TPSA) is 55.2 Å². The quantitative estimate of drug-likeness (QED) is 0.863. The van der Waals surface area contributed by atoms with Crippen molar-refractivity contribution >= 4 is 27.5 Å². The zero-order valence-electron chi connectivity index (χ0n) is 14.0. The second-order valence-electron chi connectivity index (χ2n) is 6.28. The van der Waals surface area contributed by atoms with E-state index in [2.05, 4.69) is 11.9 Å². The highest BCUT2D eigenvalue weighted by molar-refractivity contribution is 7.18. The molecule has 23 heavy (non-hydrogen) atoms. The molecule has 2 aromatic heterocycles. The van der Waals surface area contributed by atoms with Crippen molar-refractivity contribution < 1.29 is 4.79 Å². The fourth-order valence-corrected chi connectivity index (χ4v) is 4.64. The fraction of sp³-hybridized carbons (Fsp3) is 0.588. The third kappa shape index (κ3) is 2.92. The van der Waals surface area contributed by atoms with Crippen LogP contribution in [0, 0.1) is 5.92 Å². The Morgan fingerprint density at radius 2 is 2.17 bits per heavy atom. The molecule has 0 radical (unpaired) electrons. The molecule has 0 aliphatic heterocycles. The van der Waals surface area contributed by atoms with Gasteiger partial charge in [0.2, 0.25) is 5.91 Å². The highest BCUT2D eigenvalue weighted by atomic mass is 32.1. The van der Waals surface area contributed by atoms with Crippen molar-refractivity contribution in [3.05, 3.63) is 27.1 Å². The first-order valence-corrected chi connectivity index (χ1v) is 9.14. The van der Waals surface area contributed by atoms with E-state index in [1.807, 2.05) is 13.8 Å². The van der Waals surface area contributed by atoms with Gasteiger partial charge in [-0.1, -0.05) is 6.92 Å². The fourth-order valence-electron chi connectivity index (χ4n) is 3.30. The summed E-state index contributed by atoms with van der Waals surface area (Å²) in [4.78, 5) is 33.4. The van der Waals surface area contributed by atoms with Crippen molar-refractivity contribution in [1.82, 2.24) is 14.5 Å². The number of likely N-dealkylation sites (N-methyl/N-ethyl adjacent to an activating group) is 1. The summed E-state index contributed by atoms with van der Waals surface area (Å²) >= 11 is 1.64. The molecule has 0 aromatic carbocycles. The predicted octanol–water partition coefficient (Wildman–Crippen LogP) is 2.45. The van der Waals surface area contributed by atoms with Crippen LogP contribution in [0.15, 0.2) is 11.1 Å². The Morgan fingerprint density at radius 3 is 2.87 bits per heavy atom. The first kappa shape index (κ1) is 16.2. The second-order valence-corrected chi connectivity index (χ2v) is 7.36. The summed E-state index contributed by atoms with van der Waals surface area (Å²) in [5.74, 6) is 0.637. The number of fused-ring (bicyclic) bond motifs is 3. The standard InChI is InChI=1S/C17H23N3O2S/c1-4-19(5-2)14(21)9-20-10-18-16-15(17(20)22)12-7-6-11(3)8-13(12)23-16/h10-11H,4-9H2,1-3H3/t11-/m0/s1. The van der Waals surface area contributed by atoms with Crippen molar-refractivity contribution in [3.63, 3.8) is 0 Å². The summed E-state index contributed by atoms with van der Waals surface area (Å²) in [6, 6.07) is 0. The maximum Gasteiger partial charge on any atom is 0.262 e. The minimum Gasteiger partial charge on any atom is -0.342 e. The molecule has 0 spiro atoms. The first-order chi connectivity index (χ1) is 11.0. The maximum atomic E-state index is 12.8. The van der Waals surface area contributed by atoms with Gasteiger partial charge in [-0.15, -0.1) is 11.3 Å². The van der Waals surface area contributed by atoms with Crippen LogP contribution in [0.4, 0.5) is 0 Å². The molecule has 1 aliphatic carbocycles. The monoisotopic (exact) mass is 333 g/mol. The predicted molar refractivity (Wildman–Crippen MR) is 93.0 cm³/mol. The van der Waals surface area contributed by atoms with Crippen molar-refractivity contribution in [1.29, 1.82) is 0 Å². The normalized spacial score (nSPS) is 17.3. The molecule has 2 heterocycles. The van der Waals surface area contributed by atoms with Crippen molar-refractivity contribution in [2.75, 3.05) is 13.1 Å². The number of carbonyl (C=O) groups excluding carboxylic acids is 1. The molecule has 1 atom stereocenters. The summed E-state index contributed by atoms with van der Waals surface area (Å²) in [6.07, 6.45) is 4.62. The lowest BCUT2D eigenvalue weighted by Gasteiger charge is -2.19. The van der Waals surface area contributed by atoms with E-state index >= 15 is 0 Å². The molecule has 0 unspecified atom stereocenters. The van der Waals surface area contributed by atoms with E-state index in [0.717, 1.165) is 29.5 Å². The van der Waals surface area contributed by atoms with Crippen LogP contribution in [0.2, 0.25) is 0 Å². The number of carbonyl (C=O) groups is 1. The summed E-state index contributed by atoms with van der Waals surface area (Å²) < 4.78 is 1.47. The van der Waals surface area contributed by atoms with Crippen LogP contribution in [-0.2, 0) is 24.2 Å². The van der Waals surface area contributed by atoms with E-state index in [1.165, 1.54) is 21.3 Å². The Balaban J connectivity index is 1.99.